The Hall–Kier alpha value is -3.69. The van der Waals surface area contributed by atoms with Crippen LogP contribution in [-0.2, 0) is 0 Å². The lowest BCUT2D eigenvalue weighted by molar-refractivity contribution is -0.384. The summed E-state index contributed by atoms with van der Waals surface area (Å²) in [5.41, 5.74) is 0.316. The van der Waals surface area contributed by atoms with Crippen LogP contribution in [0.2, 0.25) is 0 Å². The van der Waals surface area contributed by atoms with Gasteiger partial charge >= 0.3 is 0 Å². The molecule has 10 heteroatoms. The molecule has 0 aliphatic heterocycles. The van der Waals surface area contributed by atoms with Crippen LogP contribution in [0.25, 0.3) is 5.69 Å². The van der Waals surface area contributed by atoms with Crippen molar-refractivity contribution in [2.45, 2.75) is 13.0 Å². The third-order valence-electron chi connectivity index (χ3n) is 4.41. The number of amides is 1. The average molecular weight is 387 g/mol. The number of carbonyl (C=O) groups excluding carboxylic acids is 1. The van der Waals surface area contributed by atoms with Gasteiger partial charge in [0.05, 0.1) is 11.0 Å². The molecule has 0 fully saturated rings. The van der Waals surface area contributed by atoms with E-state index in [9.17, 15) is 23.7 Å². The number of carbonyl (C=O) groups is 1. The second-order valence-electron chi connectivity index (χ2n) is 6.07. The Labute approximate surface area is 158 Å². The van der Waals surface area contributed by atoms with E-state index >= 15 is 0 Å². The molecule has 0 radical (unpaired) electrons. The molecule has 0 aliphatic carbocycles. The highest BCUT2D eigenvalue weighted by molar-refractivity contribution is 5.95. The molecule has 0 saturated carbocycles. The predicted octanol–water partition coefficient (Wildman–Crippen LogP) is 3.29. The van der Waals surface area contributed by atoms with E-state index in [1.54, 1.807) is 6.92 Å². The van der Waals surface area contributed by atoms with Gasteiger partial charge in [0, 0.05) is 18.7 Å². The highest BCUT2D eigenvalue weighted by atomic mass is 19.2. The third kappa shape index (κ3) is 3.56. The molecule has 0 spiro atoms. The maximum Gasteiger partial charge on any atom is 0.295 e. The minimum Gasteiger partial charge on any atom is -0.335 e. The molecule has 3 rings (SSSR count). The van der Waals surface area contributed by atoms with Crippen LogP contribution in [0.4, 0.5) is 14.5 Å². The van der Waals surface area contributed by atoms with Crippen LogP contribution in [-0.4, -0.2) is 37.5 Å². The Morgan fingerprint density at radius 3 is 2.57 bits per heavy atom. The number of halogens is 2. The fourth-order valence-corrected chi connectivity index (χ4v) is 2.70. The summed E-state index contributed by atoms with van der Waals surface area (Å²) in [7, 11) is 1.48. The second-order valence-corrected chi connectivity index (χ2v) is 6.07. The standard InChI is InChI=1S/C18H15F2N5O3/c1-11(12-3-5-14(19)15(20)7-12)23(2)18(26)13-4-6-16(17(8-13)25(27)28)24-10-21-9-22-24/h3-11H,1-2H3. The summed E-state index contributed by atoms with van der Waals surface area (Å²) in [6, 6.07) is 6.77. The monoisotopic (exact) mass is 387 g/mol. The van der Waals surface area contributed by atoms with E-state index in [4.69, 9.17) is 0 Å². The molecule has 1 unspecified atom stereocenters. The molecule has 1 atom stereocenters. The first kappa shape index (κ1) is 19.1. The molecular formula is C18H15F2N5O3. The zero-order valence-electron chi connectivity index (χ0n) is 14.9. The molecule has 2 aromatic carbocycles. The first-order valence-corrected chi connectivity index (χ1v) is 8.15. The van der Waals surface area contributed by atoms with Gasteiger partial charge in [-0.25, -0.2) is 18.4 Å². The maximum atomic E-state index is 13.5. The molecule has 8 nitrogen and oxygen atoms in total. The Kier molecular flexibility index (Phi) is 5.12. The van der Waals surface area contributed by atoms with Crippen molar-refractivity contribution in [1.82, 2.24) is 19.7 Å². The molecule has 0 bridgehead atoms. The van der Waals surface area contributed by atoms with Crippen LogP contribution in [0.1, 0.15) is 28.9 Å². The zero-order chi connectivity index (χ0) is 20.4. The minimum atomic E-state index is -1.02. The van der Waals surface area contributed by atoms with Crippen molar-refractivity contribution in [1.29, 1.82) is 0 Å². The molecule has 28 heavy (non-hydrogen) atoms. The summed E-state index contributed by atoms with van der Waals surface area (Å²) in [6.45, 7) is 1.64. The van der Waals surface area contributed by atoms with Gasteiger partial charge in [-0.15, -0.1) is 0 Å². The molecule has 0 aliphatic rings. The Morgan fingerprint density at radius 2 is 1.96 bits per heavy atom. The zero-order valence-corrected chi connectivity index (χ0v) is 14.9. The number of hydrogen-bond donors (Lipinski definition) is 0. The van der Waals surface area contributed by atoms with Crippen LogP contribution in [0.15, 0.2) is 49.1 Å². The van der Waals surface area contributed by atoms with E-state index in [-0.39, 0.29) is 16.9 Å². The topological polar surface area (TPSA) is 94.2 Å². The van der Waals surface area contributed by atoms with Gasteiger partial charge in [0.15, 0.2) is 11.6 Å². The highest BCUT2D eigenvalue weighted by Crippen LogP contribution is 2.27. The van der Waals surface area contributed by atoms with E-state index in [1.165, 1.54) is 47.5 Å². The van der Waals surface area contributed by atoms with Gasteiger partial charge in [0.1, 0.15) is 18.3 Å². The first-order chi connectivity index (χ1) is 13.3. The molecule has 3 aromatic rings. The van der Waals surface area contributed by atoms with Crippen molar-refractivity contribution < 1.29 is 18.5 Å². The van der Waals surface area contributed by atoms with E-state index in [1.807, 2.05) is 0 Å². The van der Waals surface area contributed by atoms with Crippen molar-refractivity contribution in [3.63, 3.8) is 0 Å². The maximum absolute atomic E-state index is 13.5. The number of nitrogens with zero attached hydrogens (tertiary/aromatic N) is 5. The number of benzene rings is 2. The molecule has 1 amide bonds. The molecule has 1 aromatic heterocycles. The predicted molar refractivity (Wildman–Crippen MR) is 94.9 cm³/mol. The molecule has 0 N–H and O–H groups in total. The lowest BCUT2D eigenvalue weighted by Crippen LogP contribution is -2.29. The lowest BCUT2D eigenvalue weighted by atomic mass is 10.1. The summed E-state index contributed by atoms with van der Waals surface area (Å²) < 4.78 is 27.8. The number of rotatable bonds is 5. The summed E-state index contributed by atoms with van der Waals surface area (Å²) in [4.78, 5) is 28.6. The number of nitro groups is 1. The van der Waals surface area contributed by atoms with Crippen molar-refractivity contribution in [2.75, 3.05) is 7.05 Å². The average Bonchev–Trinajstić information content (AvgIpc) is 3.22. The third-order valence-corrected chi connectivity index (χ3v) is 4.41. The minimum absolute atomic E-state index is 0.0764. The lowest BCUT2D eigenvalue weighted by Gasteiger charge is -2.25. The van der Waals surface area contributed by atoms with Crippen molar-refractivity contribution in [2.24, 2.45) is 0 Å². The summed E-state index contributed by atoms with van der Waals surface area (Å²) >= 11 is 0. The molecule has 144 valence electrons. The first-order valence-electron chi connectivity index (χ1n) is 8.15. The second kappa shape index (κ2) is 7.51. The molecule has 1 heterocycles. The van der Waals surface area contributed by atoms with Gasteiger partial charge in [-0.05, 0) is 36.8 Å². The number of hydrogen-bond acceptors (Lipinski definition) is 5. The number of aromatic nitrogens is 3. The van der Waals surface area contributed by atoms with Crippen LogP contribution < -0.4 is 0 Å². The summed E-state index contributed by atoms with van der Waals surface area (Å²) in [6.07, 6.45) is 2.54. The Morgan fingerprint density at radius 1 is 1.21 bits per heavy atom. The van der Waals surface area contributed by atoms with Crippen molar-refractivity contribution in [3.8, 4) is 5.69 Å². The van der Waals surface area contributed by atoms with Gasteiger partial charge in [0.2, 0.25) is 0 Å². The Balaban J connectivity index is 1.92. The fraction of sp³-hybridized carbons (Fsp3) is 0.167. The van der Waals surface area contributed by atoms with E-state index in [0.29, 0.717) is 5.56 Å². The van der Waals surface area contributed by atoms with Gasteiger partial charge in [-0.1, -0.05) is 6.07 Å². The molecule has 0 saturated heterocycles. The van der Waals surface area contributed by atoms with Gasteiger partial charge in [-0.3, -0.25) is 14.9 Å². The Bertz CT molecular complexity index is 1040. The largest absolute Gasteiger partial charge is 0.335 e. The summed E-state index contributed by atoms with van der Waals surface area (Å²) in [5, 5.41) is 15.3. The fourth-order valence-electron chi connectivity index (χ4n) is 2.70. The van der Waals surface area contributed by atoms with Crippen LogP contribution in [0, 0.1) is 21.7 Å². The number of nitro benzene ring substituents is 1. The SMILES string of the molecule is CC(c1ccc(F)c(F)c1)N(C)C(=O)c1ccc(-n2cncn2)c([N+](=O)[O-])c1. The summed E-state index contributed by atoms with van der Waals surface area (Å²) in [5.74, 6) is -2.51. The van der Waals surface area contributed by atoms with Gasteiger partial charge < -0.3 is 4.90 Å². The van der Waals surface area contributed by atoms with Crippen LogP contribution >= 0.6 is 0 Å². The van der Waals surface area contributed by atoms with Crippen molar-refractivity contribution >= 4 is 11.6 Å². The molecular weight excluding hydrogens is 372 g/mol. The van der Waals surface area contributed by atoms with Gasteiger partial charge in [-0.2, -0.15) is 5.10 Å². The quantitative estimate of drug-likeness (QED) is 0.495. The van der Waals surface area contributed by atoms with E-state index in [2.05, 4.69) is 10.1 Å². The van der Waals surface area contributed by atoms with Crippen molar-refractivity contribution in [3.05, 3.63) is 81.9 Å². The normalized spacial score (nSPS) is 11.9. The smallest absolute Gasteiger partial charge is 0.295 e. The van der Waals surface area contributed by atoms with E-state index in [0.717, 1.165) is 18.2 Å². The van der Waals surface area contributed by atoms with Gasteiger partial charge in [0.25, 0.3) is 11.6 Å². The van der Waals surface area contributed by atoms with Crippen LogP contribution in [0.5, 0.6) is 0 Å². The highest BCUT2D eigenvalue weighted by Gasteiger charge is 2.24. The van der Waals surface area contributed by atoms with E-state index < -0.39 is 28.5 Å². The van der Waals surface area contributed by atoms with Crippen LogP contribution in [0.3, 0.4) is 0 Å².